The molecule has 2 rings (SSSR count). The largest absolute Gasteiger partial charge is 0.337 e. The summed E-state index contributed by atoms with van der Waals surface area (Å²) in [6.45, 7) is 6.69. The molecule has 13 heavy (non-hydrogen) atoms. The Balaban J connectivity index is 1.92. The highest BCUT2D eigenvalue weighted by Gasteiger charge is 2.12. The lowest BCUT2D eigenvalue weighted by atomic mass is 10.4. The van der Waals surface area contributed by atoms with Crippen LogP contribution in [0, 0.1) is 0 Å². The summed E-state index contributed by atoms with van der Waals surface area (Å²) in [5.41, 5.74) is 1.21. The number of hydrogen-bond acceptors (Lipinski definition) is 2. The average Bonchev–Trinajstić information content (AvgIpc) is 2.76. The van der Waals surface area contributed by atoms with Crippen LogP contribution in [0.15, 0.2) is 12.5 Å². The molecule has 0 spiro atoms. The highest BCUT2D eigenvalue weighted by Crippen LogP contribution is 2.10. The van der Waals surface area contributed by atoms with Gasteiger partial charge in [-0.1, -0.05) is 0 Å². The SMILES string of the molecule is CCn1cnc(CN2CCCC2)c1. The second-order valence-electron chi connectivity index (χ2n) is 3.68. The summed E-state index contributed by atoms with van der Waals surface area (Å²) in [5, 5.41) is 0. The molecule has 0 atom stereocenters. The molecule has 72 valence electrons. The van der Waals surface area contributed by atoms with Crippen molar-refractivity contribution in [1.29, 1.82) is 0 Å². The van der Waals surface area contributed by atoms with E-state index in [1.807, 2.05) is 6.33 Å². The summed E-state index contributed by atoms with van der Waals surface area (Å²) < 4.78 is 2.13. The van der Waals surface area contributed by atoms with Gasteiger partial charge in [0.1, 0.15) is 0 Å². The third-order valence-corrected chi connectivity index (χ3v) is 2.64. The summed E-state index contributed by atoms with van der Waals surface area (Å²) in [7, 11) is 0. The van der Waals surface area contributed by atoms with Crippen LogP contribution in [0.4, 0.5) is 0 Å². The van der Waals surface area contributed by atoms with Crippen molar-refractivity contribution in [3.05, 3.63) is 18.2 Å². The molecule has 0 N–H and O–H groups in total. The van der Waals surface area contributed by atoms with E-state index >= 15 is 0 Å². The fraction of sp³-hybridized carbons (Fsp3) is 0.700. The molecule has 1 aliphatic rings. The predicted molar refractivity (Wildman–Crippen MR) is 52.4 cm³/mol. The normalized spacial score (nSPS) is 18.2. The summed E-state index contributed by atoms with van der Waals surface area (Å²) >= 11 is 0. The van der Waals surface area contributed by atoms with Gasteiger partial charge in [0.15, 0.2) is 0 Å². The third-order valence-electron chi connectivity index (χ3n) is 2.64. The van der Waals surface area contributed by atoms with Gasteiger partial charge in [0.05, 0.1) is 12.0 Å². The molecule has 0 radical (unpaired) electrons. The fourth-order valence-electron chi connectivity index (χ4n) is 1.83. The monoisotopic (exact) mass is 179 g/mol. The van der Waals surface area contributed by atoms with Gasteiger partial charge in [0.25, 0.3) is 0 Å². The van der Waals surface area contributed by atoms with Gasteiger partial charge in [-0.25, -0.2) is 4.98 Å². The van der Waals surface area contributed by atoms with Crippen molar-refractivity contribution in [1.82, 2.24) is 14.5 Å². The number of aryl methyl sites for hydroxylation is 1. The van der Waals surface area contributed by atoms with Crippen LogP contribution in [0.25, 0.3) is 0 Å². The molecule has 1 aromatic rings. The van der Waals surface area contributed by atoms with Crippen LogP contribution in [0.2, 0.25) is 0 Å². The van der Waals surface area contributed by atoms with E-state index in [0.717, 1.165) is 13.1 Å². The number of nitrogens with zero attached hydrogens (tertiary/aromatic N) is 3. The highest BCUT2D eigenvalue weighted by atomic mass is 15.2. The Kier molecular flexibility index (Phi) is 2.64. The molecule has 1 saturated heterocycles. The van der Waals surface area contributed by atoms with Gasteiger partial charge >= 0.3 is 0 Å². The van der Waals surface area contributed by atoms with Crippen molar-refractivity contribution in [3.63, 3.8) is 0 Å². The Hall–Kier alpha value is -0.830. The van der Waals surface area contributed by atoms with Gasteiger partial charge in [-0.15, -0.1) is 0 Å². The van der Waals surface area contributed by atoms with E-state index in [2.05, 4.69) is 27.6 Å². The quantitative estimate of drug-likeness (QED) is 0.701. The summed E-state index contributed by atoms with van der Waals surface area (Å²) in [6.07, 6.45) is 6.78. The van der Waals surface area contributed by atoms with Gasteiger partial charge < -0.3 is 4.57 Å². The predicted octanol–water partition coefficient (Wildman–Crippen LogP) is 1.50. The molecule has 1 fully saturated rings. The van der Waals surface area contributed by atoms with Crippen LogP contribution in [0.3, 0.4) is 0 Å². The Morgan fingerprint density at radius 1 is 1.38 bits per heavy atom. The zero-order valence-electron chi connectivity index (χ0n) is 8.24. The molecule has 0 bridgehead atoms. The van der Waals surface area contributed by atoms with Crippen LogP contribution in [-0.4, -0.2) is 27.5 Å². The Morgan fingerprint density at radius 2 is 2.15 bits per heavy atom. The molecule has 0 unspecified atom stereocenters. The van der Waals surface area contributed by atoms with Gasteiger partial charge in [-0.2, -0.15) is 0 Å². The molecule has 1 aliphatic heterocycles. The van der Waals surface area contributed by atoms with E-state index in [4.69, 9.17) is 0 Å². The molecule has 3 heteroatoms. The average molecular weight is 179 g/mol. The lowest BCUT2D eigenvalue weighted by Crippen LogP contribution is -2.18. The van der Waals surface area contributed by atoms with E-state index in [1.54, 1.807) is 0 Å². The lowest BCUT2D eigenvalue weighted by molar-refractivity contribution is 0.327. The Labute approximate surface area is 79.4 Å². The summed E-state index contributed by atoms with van der Waals surface area (Å²) in [5.74, 6) is 0. The first-order chi connectivity index (χ1) is 6.38. The number of likely N-dealkylation sites (tertiary alicyclic amines) is 1. The molecule has 2 heterocycles. The first-order valence-electron chi connectivity index (χ1n) is 5.11. The third kappa shape index (κ3) is 2.10. The molecule has 0 amide bonds. The van der Waals surface area contributed by atoms with Crippen LogP contribution < -0.4 is 0 Å². The second kappa shape index (κ2) is 3.92. The number of hydrogen-bond donors (Lipinski definition) is 0. The maximum atomic E-state index is 4.37. The lowest BCUT2D eigenvalue weighted by Gasteiger charge is -2.11. The second-order valence-corrected chi connectivity index (χ2v) is 3.68. The first kappa shape index (κ1) is 8.75. The Morgan fingerprint density at radius 3 is 2.77 bits per heavy atom. The van der Waals surface area contributed by atoms with Crippen molar-refractivity contribution in [2.45, 2.75) is 32.9 Å². The van der Waals surface area contributed by atoms with Crippen molar-refractivity contribution >= 4 is 0 Å². The molecule has 1 aromatic heterocycles. The van der Waals surface area contributed by atoms with Crippen LogP contribution in [-0.2, 0) is 13.1 Å². The van der Waals surface area contributed by atoms with Crippen LogP contribution in [0.5, 0.6) is 0 Å². The van der Waals surface area contributed by atoms with E-state index < -0.39 is 0 Å². The van der Waals surface area contributed by atoms with Crippen LogP contribution >= 0.6 is 0 Å². The number of rotatable bonds is 3. The minimum absolute atomic E-state index is 1.02. The molecular formula is C10H17N3. The van der Waals surface area contributed by atoms with Gasteiger partial charge in [-0.3, -0.25) is 4.90 Å². The molecule has 0 aliphatic carbocycles. The van der Waals surface area contributed by atoms with E-state index in [9.17, 15) is 0 Å². The summed E-state index contributed by atoms with van der Waals surface area (Å²) in [4.78, 5) is 6.85. The zero-order chi connectivity index (χ0) is 9.10. The van der Waals surface area contributed by atoms with Crippen molar-refractivity contribution in [3.8, 4) is 0 Å². The minimum atomic E-state index is 1.02. The molecular weight excluding hydrogens is 162 g/mol. The molecule has 0 aromatic carbocycles. The van der Waals surface area contributed by atoms with Gasteiger partial charge in [0, 0.05) is 19.3 Å². The maximum Gasteiger partial charge on any atom is 0.0949 e. The standard InChI is InChI=1S/C10H17N3/c1-2-12-7-10(11-9-12)8-13-5-3-4-6-13/h7,9H,2-6,8H2,1H3. The van der Waals surface area contributed by atoms with E-state index in [0.29, 0.717) is 0 Å². The maximum absolute atomic E-state index is 4.37. The van der Waals surface area contributed by atoms with Gasteiger partial charge in [-0.05, 0) is 32.9 Å². The highest BCUT2D eigenvalue weighted by molar-refractivity contribution is 4.96. The van der Waals surface area contributed by atoms with E-state index in [-0.39, 0.29) is 0 Å². The number of aromatic nitrogens is 2. The Bertz CT molecular complexity index is 261. The van der Waals surface area contributed by atoms with Crippen molar-refractivity contribution in [2.24, 2.45) is 0 Å². The van der Waals surface area contributed by atoms with Crippen molar-refractivity contribution < 1.29 is 0 Å². The minimum Gasteiger partial charge on any atom is -0.337 e. The summed E-state index contributed by atoms with van der Waals surface area (Å²) in [6, 6.07) is 0. The van der Waals surface area contributed by atoms with Gasteiger partial charge in [0.2, 0.25) is 0 Å². The molecule has 3 nitrogen and oxygen atoms in total. The number of imidazole rings is 1. The van der Waals surface area contributed by atoms with E-state index in [1.165, 1.54) is 31.6 Å². The fourth-order valence-corrected chi connectivity index (χ4v) is 1.83. The molecule has 0 saturated carbocycles. The van der Waals surface area contributed by atoms with Crippen LogP contribution in [0.1, 0.15) is 25.5 Å². The topological polar surface area (TPSA) is 21.1 Å². The van der Waals surface area contributed by atoms with Crippen molar-refractivity contribution in [2.75, 3.05) is 13.1 Å². The first-order valence-corrected chi connectivity index (χ1v) is 5.11. The zero-order valence-corrected chi connectivity index (χ0v) is 8.24. The smallest absolute Gasteiger partial charge is 0.0949 e.